The second-order valence-electron chi connectivity index (χ2n) is 4.40. The highest BCUT2D eigenvalue weighted by Gasteiger charge is 2.46. The Balaban J connectivity index is 2.11. The fourth-order valence-corrected chi connectivity index (χ4v) is 6.10. The van der Waals surface area contributed by atoms with E-state index in [1.165, 1.54) is 16.8 Å². The lowest BCUT2D eigenvalue weighted by molar-refractivity contribution is 0.216. The predicted molar refractivity (Wildman–Crippen MR) is 74.8 cm³/mol. The van der Waals surface area contributed by atoms with E-state index in [4.69, 9.17) is 4.74 Å². The van der Waals surface area contributed by atoms with Crippen molar-refractivity contribution in [1.82, 2.24) is 0 Å². The second-order valence-corrected chi connectivity index (χ2v) is 8.07. The Hall–Kier alpha value is -1.17. The van der Waals surface area contributed by atoms with E-state index < -0.39 is 7.26 Å². The van der Waals surface area contributed by atoms with Gasteiger partial charge in [-0.15, -0.1) is 0 Å². The molecule has 2 aromatic rings. The molecule has 1 aliphatic rings. The van der Waals surface area contributed by atoms with Crippen molar-refractivity contribution in [3.63, 3.8) is 0 Å². The normalized spacial score (nSPS) is 18.1. The summed E-state index contributed by atoms with van der Waals surface area (Å²) in [6.07, 6.45) is 2.09. The number of benzene rings is 2. The maximum absolute atomic E-state index is 5.72. The summed E-state index contributed by atoms with van der Waals surface area (Å²) in [6, 6.07) is 21.8. The molecule has 1 heterocycles. The van der Waals surface area contributed by atoms with Crippen LogP contribution in [0, 0.1) is 0 Å². The fourth-order valence-electron chi connectivity index (χ4n) is 2.49. The van der Waals surface area contributed by atoms with E-state index in [0.717, 1.165) is 13.0 Å². The number of hydrogen-bond acceptors (Lipinski definition) is 1. The molecule has 2 heteroatoms. The van der Waals surface area contributed by atoms with Gasteiger partial charge in [0.15, 0.2) is 6.35 Å². The molecule has 2 aromatic carbocycles. The van der Waals surface area contributed by atoms with Gasteiger partial charge in [-0.05, 0) is 24.3 Å². The third-order valence-corrected chi connectivity index (χ3v) is 7.57. The molecule has 0 amide bonds. The lowest BCUT2D eigenvalue weighted by atomic mass is 10.4. The van der Waals surface area contributed by atoms with Gasteiger partial charge in [-0.25, -0.2) is 0 Å². The Morgan fingerprint density at radius 2 is 1.29 bits per heavy atom. The molecule has 0 radical (unpaired) electrons. The highest BCUT2D eigenvalue weighted by atomic mass is 31.2. The van der Waals surface area contributed by atoms with Crippen LogP contribution >= 0.6 is 7.26 Å². The molecule has 0 bridgehead atoms. The lowest BCUT2D eigenvalue weighted by Crippen LogP contribution is -2.24. The molecule has 0 spiro atoms. The van der Waals surface area contributed by atoms with E-state index in [9.17, 15) is 0 Å². The van der Waals surface area contributed by atoms with Crippen molar-refractivity contribution in [2.24, 2.45) is 0 Å². The van der Waals surface area contributed by atoms with Crippen LogP contribution in [-0.2, 0) is 4.74 Å². The molecule has 0 aliphatic carbocycles. The molecular formula is C15H16OP+. The Morgan fingerprint density at radius 1 is 0.765 bits per heavy atom. The minimum Gasteiger partial charge on any atom is -0.342 e. The van der Waals surface area contributed by atoms with Gasteiger partial charge in [-0.2, -0.15) is 0 Å². The second kappa shape index (κ2) is 4.60. The van der Waals surface area contributed by atoms with Crippen LogP contribution in [0.2, 0.25) is 0 Å². The van der Waals surface area contributed by atoms with Gasteiger partial charge in [-0.3, -0.25) is 0 Å². The van der Waals surface area contributed by atoms with Crippen molar-refractivity contribution in [1.29, 1.82) is 0 Å². The summed E-state index contributed by atoms with van der Waals surface area (Å²) >= 11 is 0. The first-order valence-corrected chi connectivity index (χ1v) is 8.14. The van der Waals surface area contributed by atoms with E-state index in [2.05, 4.69) is 60.7 Å². The average Bonchev–Trinajstić information content (AvgIpc) is 2.91. The molecule has 1 aliphatic heterocycles. The predicted octanol–water partition coefficient (Wildman–Crippen LogP) is 2.64. The van der Waals surface area contributed by atoms with Crippen LogP contribution in [0.4, 0.5) is 0 Å². The summed E-state index contributed by atoms with van der Waals surface area (Å²) in [5, 5.41) is 2.95. The minimum atomic E-state index is -1.27. The SMILES string of the molecule is c1ccc([P+]2(c3ccccc3)CCOC2)cc1. The van der Waals surface area contributed by atoms with Gasteiger partial charge in [0.2, 0.25) is 0 Å². The molecule has 17 heavy (non-hydrogen) atoms. The summed E-state index contributed by atoms with van der Waals surface area (Å²) in [7, 11) is -1.27. The molecule has 0 saturated carbocycles. The van der Waals surface area contributed by atoms with E-state index in [1.807, 2.05) is 0 Å². The highest BCUT2D eigenvalue weighted by Crippen LogP contribution is 2.58. The average molecular weight is 243 g/mol. The van der Waals surface area contributed by atoms with Crippen LogP contribution in [0.5, 0.6) is 0 Å². The van der Waals surface area contributed by atoms with Crippen molar-refractivity contribution in [3.05, 3.63) is 60.7 Å². The monoisotopic (exact) mass is 243 g/mol. The first-order valence-electron chi connectivity index (χ1n) is 5.98. The van der Waals surface area contributed by atoms with Crippen molar-refractivity contribution >= 4 is 17.9 Å². The van der Waals surface area contributed by atoms with Crippen molar-refractivity contribution < 1.29 is 4.74 Å². The van der Waals surface area contributed by atoms with Crippen LogP contribution in [0.3, 0.4) is 0 Å². The maximum Gasteiger partial charge on any atom is 0.166 e. The standard InChI is InChI=1S/C15H16OP/c1-3-7-14(8-4-1)17(12-11-16-13-17)15-9-5-2-6-10-15/h1-10H,11-13H2/q+1. The Bertz CT molecular complexity index is 433. The number of hydrogen-bond donors (Lipinski definition) is 0. The largest absolute Gasteiger partial charge is 0.342 e. The Morgan fingerprint density at radius 3 is 1.71 bits per heavy atom. The molecule has 1 saturated heterocycles. The summed E-state index contributed by atoms with van der Waals surface area (Å²) in [5.74, 6) is 0. The molecule has 1 nitrogen and oxygen atoms in total. The van der Waals surface area contributed by atoms with Gasteiger partial charge in [0.25, 0.3) is 0 Å². The number of rotatable bonds is 2. The molecule has 0 N–H and O–H groups in total. The summed E-state index contributed by atoms with van der Waals surface area (Å²) in [5.41, 5.74) is 0. The molecule has 86 valence electrons. The first-order chi connectivity index (χ1) is 8.42. The lowest BCUT2D eigenvalue weighted by Gasteiger charge is -2.20. The molecular weight excluding hydrogens is 227 g/mol. The van der Waals surface area contributed by atoms with E-state index in [0.29, 0.717) is 0 Å². The van der Waals surface area contributed by atoms with Gasteiger partial charge in [-0.1, -0.05) is 36.4 Å². The zero-order chi connectivity index (χ0) is 11.6. The van der Waals surface area contributed by atoms with Crippen molar-refractivity contribution in [3.8, 4) is 0 Å². The van der Waals surface area contributed by atoms with Crippen molar-refractivity contribution in [2.75, 3.05) is 19.1 Å². The summed E-state index contributed by atoms with van der Waals surface area (Å²) < 4.78 is 5.72. The van der Waals surface area contributed by atoms with E-state index in [-0.39, 0.29) is 0 Å². The zero-order valence-electron chi connectivity index (χ0n) is 9.75. The third-order valence-electron chi connectivity index (χ3n) is 3.43. The van der Waals surface area contributed by atoms with Crippen molar-refractivity contribution in [2.45, 2.75) is 0 Å². The van der Waals surface area contributed by atoms with Crippen LogP contribution in [0.15, 0.2) is 60.7 Å². The van der Waals surface area contributed by atoms with Gasteiger partial charge in [0.05, 0.1) is 12.8 Å². The smallest absolute Gasteiger partial charge is 0.166 e. The van der Waals surface area contributed by atoms with Crippen LogP contribution in [0.1, 0.15) is 0 Å². The summed E-state index contributed by atoms with van der Waals surface area (Å²) in [4.78, 5) is 0. The Kier molecular flexibility index (Phi) is 2.96. The molecule has 0 aromatic heterocycles. The quantitative estimate of drug-likeness (QED) is 0.737. The highest BCUT2D eigenvalue weighted by molar-refractivity contribution is 7.89. The van der Waals surface area contributed by atoms with E-state index >= 15 is 0 Å². The van der Waals surface area contributed by atoms with Gasteiger partial charge >= 0.3 is 0 Å². The third kappa shape index (κ3) is 1.90. The number of ether oxygens (including phenoxy) is 1. The van der Waals surface area contributed by atoms with Crippen LogP contribution in [-0.4, -0.2) is 19.1 Å². The molecule has 1 fully saturated rings. The molecule has 0 atom stereocenters. The maximum atomic E-state index is 5.72. The zero-order valence-corrected chi connectivity index (χ0v) is 10.6. The van der Waals surface area contributed by atoms with E-state index in [1.54, 1.807) is 0 Å². The first kappa shape index (κ1) is 11.0. The topological polar surface area (TPSA) is 9.23 Å². The molecule has 3 rings (SSSR count). The van der Waals surface area contributed by atoms with Gasteiger partial charge in [0.1, 0.15) is 17.9 Å². The molecule has 0 unspecified atom stereocenters. The fraction of sp³-hybridized carbons (Fsp3) is 0.200. The Labute approximate surface area is 103 Å². The van der Waals surface area contributed by atoms with Crippen LogP contribution in [0.25, 0.3) is 0 Å². The van der Waals surface area contributed by atoms with Crippen LogP contribution < -0.4 is 10.6 Å². The van der Waals surface area contributed by atoms with Gasteiger partial charge < -0.3 is 4.74 Å². The van der Waals surface area contributed by atoms with Gasteiger partial charge in [0, 0.05) is 0 Å². The minimum absolute atomic E-state index is 0.900. The summed E-state index contributed by atoms with van der Waals surface area (Å²) in [6.45, 7) is 0.900.